The van der Waals surface area contributed by atoms with E-state index in [9.17, 15) is 4.79 Å². The molecule has 1 aromatic rings. The van der Waals surface area contributed by atoms with Crippen LogP contribution in [-0.4, -0.2) is 39.0 Å². The SMILES string of the molecule is CC1CC(C)(C)NC(=S)N1CCC(=O)Nc1nccs1. The Hall–Kier alpha value is -1.21. The number of rotatable bonds is 4. The Balaban J connectivity index is 1.84. The zero-order chi connectivity index (χ0) is 14.8. The molecule has 0 bridgehead atoms. The molecule has 1 unspecified atom stereocenters. The van der Waals surface area contributed by atoms with Crippen molar-refractivity contribution in [1.29, 1.82) is 0 Å². The Bertz CT molecular complexity index is 487. The van der Waals surface area contributed by atoms with Crippen LogP contribution in [0.1, 0.15) is 33.6 Å². The third-order valence-corrected chi connectivity index (χ3v) is 4.33. The molecule has 1 fully saturated rings. The van der Waals surface area contributed by atoms with Gasteiger partial charge in [-0.25, -0.2) is 4.98 Å². The molecule has 20 heavy (non-hydrogen) atoms. The van der Waals surface area contributed by atoms with Crippen LogP contribution in [0.15, 0.2) is 11.6 Å². The molecule has 0 spiro atoms. The number of nitrogens with zero attached hydrogens (tertiary/aromatic N) is 2. The highest BCUT2D eigenvalue weighted by Gasteiger charge is 2.32. The van der Waals surface area contributed by atoms with Crippen LogP contribution in [0, 0.1) is 0 Å². The average Bonchev–Trinajstić information content (AvgIpc) is 2.78. The summed E-state index contributed by atoms with van der Waals surface area (Å²) in [5, 5.41) is 9.32. The fraction of sp³-hybridized carbons (Fsp3) is 0.615. The maximum Gasteiger partial charge on any atom is 0.227 e. The smallest absolute Gasteiger partial charge is 0.227 e. The third-order valence-electron chi connectivity index (χ3n) is 3.30. The Labute approximate surface area is 128 Å². The van der Waals surface area contributed by atoms with Crippen molar-refractivity contribution in [2.75, 3.05) is 11.9 Å². The summed E-state index contributed by atoms with van der Waals surface area (Å²) in [7, 11) is 0. The molecule has 0 aromatic carbocycles. The number of carbonyl (C=O) groups is 1. The van der Waals surface area contributed by atoms with E-state index in [-0.39, 0.29) is 11.4 Å². The molecule has 7 heteroatoms. The van der Waals surface area contributed by atoms with Crippen molar-refractivity contribution in [3.05, 3.63) is 11.6 Å². The number of amides is 1. The number of aromatic nitrogens is 1. The number of thiocarbonyl (C=S) groups is 1. The van der Waals surface area contributed by atoms with Gasteiger partial charge in [0.05, 0.1) is 0 Å². The summed E-state index contributed by atoms with van der Waals surface area (Å²) < 4.78 is 0. The highest BCUT2D eigenvalue weighted by atomic mass is 32.1. The summed E-state index contributed by atoms with van der Waals surface area (Å²) in [6, 6.07) is 0.339. The van der Waals surface area contributed by atoms with Crippen molar-refractivity contribution in [3.8, 4) is 0 Å². The molecule has 2 rings (SSSR count). The van der Waals surface area contributed by atoms with E-state index in [1.165, 1.54) is 11.3 Å². The van der Waals surface area contributed by atoms with Gasteiger partial charge in [-0.2, -0.15) is 0 Å². The summed E-state index contributed by atoms with van der Waals surface area (Å²) in [5.41, 5.74) is 0.0240. The standard InChI is InChI=1S/C13H20N4OS2/c1-9-8-13(2,3)16-12(19)17(9)6-4-10(18)15-11-14-5-7-20-11/h5,7,9H,4,6,8H2,1-3H3,(H,16,19)(H,14,15,18). The minimum Gasteiger partial charge on any atom is -0.358 e. The fourth-order valence-electron chi connectivity index (χ4n) is 2.47. The summed E-state index contributed by atoms with van der Waals surface area (Å²) >= 11 is 6.81. The van der Waals surface area contributed by atoms with Crippen molar-refractivity contribution in [3.63, 3.8) is 0 Å². The zero-order valence-electron chi connectivity index (χ0n) is 12.0. The number of hydrogen-bond acceptors (Lipinski definition) is 4. The monoisotopic (exact) mass is 312 g/mol. The lowest BCUT2D eigenvalue weighted by atomic mass is 9.93. The van der Waals surface area contributed by atoms with Crippen molar-refractivity contribution in [2.24, 2.45) is 0 Å². The molecule has 1 atom stereocenters. The van der Waals surface area contributed by atoms with Crippen LogP contribution < -0.4 is 10.6 Å². The number of anilines is 1. The topological polar surface area (TPSA) is 57.3 Å². The number of carbonyl (C=O) groups excluding carboxylic acids is 1. The van der Waals surface area contributed by atoms with Crippen LogP contribution >= 0.6 is 23.6 Å². The highest BCUT2D eigenvalue weighted by molar-refractivity contribution is 7.80. The molecule has 1 aliphatic rings. The van der Waals surface area contributed by atoms with Crippen LogP contribution in [0.25, 0.3) is 0 Å². The molecule has 0 aliphatic carbocycles. The van der Waals surface area contributed by atoms with Gasteiger partial charge in [-0.1, -0.05) is 0 Å². The zero-order valence-corrected chi connectivity index (χ0v) is 13.6. The first kappa shape index (κ1) is 15.2. The second kappa shape index (κ2) is 6.05. The van der Waals surface area contributed by atoms with Gasteiger partial charge in [-0.3, -0.25) is 4.79 Å². The molecule has 1 amide bonds. The van der Waals surface area contributed by atoms with Gasteiger partial charge >= 0.3 is 0 Å². The van der Waals surface area contributed by atoms with Crippen LogP contribution in [-0.2, 0) is 4.79 Å². The quantitative estimate of drug-likeness (QED) is 0.835. The molecule has 2 heterocycles. The average molecular weight is 312 g/mol. The van der Waals surface area contributed by atoms with Crippen molar-refractivity contribution in [2.45, 2.75) is 45.2 Å². The number of hydrogen-bond donors (Lipinski definition) is 2. The van der Waals surface area contributed by atoms with Gasteiger partial charge in [0.15, 0.2) is 10.2 Å². The molecule has 0 saturated carbocycles. The molecule has 1 saturated heterocycles. The molecule has 0 radical (unpaired) electrons. The first-order chi connectivity index (χ1) is 9.37. The predicted molar refractivity (Wildman–Crippen MR) is 86.0 cm³/mol. The second-order valence-electron chi connectivity index (χ2n) is 5.70. The van der Waals surface area contributed by atoms with Gasteiger partial charge < -0.3 is 15.5 Å². The number of thiazole rings is 1. The molecular weight excluding hydrogens is 292 g/mol. The first-order valence-corrected chi connectivity index (χ1v) is 7.94. The van der Waals surface area contributed by atoms with Gasteiger partial charge in [0.25, 0.3) is 0 Å². The van der Waals surface area contributed by atoms with Gasteiger partial charge in [0.1, 0.15) is 0 Å². The lowest BCUT2D eigenvalue weighted by Crippen LogP contribution is -2.60. The summed E-state index contributed by atoms with van der Waals surface area (Å²) in [6.07, 6.45) is 3.08. The van der Waals surface area contributed by atoms with E-state index in [0.717, 1.165) is 11.5 Å². The molecule has 110 valence electrons. The van der Waals surface area contributed by atoms with E-state index in [0.29, 0.717) is 24.1 Å². The normalized spacial score (nSPS) is 21.4. The van der Waals surface area contributed by atoms with Gasteiger partial charge in [-0.05, 0) is 39.4 Å². The Morgan fingerprint density at radius 1 is 1.70 bits per heavy atom. The largest absolute Gasteiger partial charge is 0.358 e. The molecule has 2 N–H and O–H groups in total. The fourth-order valence-corrected chi connectivity index (χ4v) is 3.56. The van der Waals surface area contributed by atoms with Gasteiger partial charge in [-0.15, -0.1) is 11.3 Å². The summed E-state index contributed by atoms with van der Waals surface area (Å²) in [6.45, 7) is 7.05. The maximum atomic E-state index is 11.9. The molecule has 1 aromatic heterocycles. The lowest BCUT2D eigenvalue weighted by molar-refractivity contribution is -0.116. The van der Waals surface area contributed by atoms with Crippen molar-refractivity contribution >= 4 is 39.7 Å². The van der Waals surface area contributed by atoms with Crippen LogP contribution in [0.3, 0.4) is 0 Å². The van der Waals surface area contributed by atoms with E-state index in [4.69, 9.17) is 12.2 Å². The van der Waals surface area contributed by atoms with Crippen molar-refractivity contribution < 1.29 is 4.79 Å². The van der Waals surface area contributed by atoms with E-state index in [2.05, 4.69) is 41.3 Å². The maximum absolute atomic E-state index is 11.9. The number of nitrogens with one attached hydrogen (secondary N) is 2. The molecule has 5 nitrogen and oxygen atoms in total. The van der Waals surface area contributed by atoms with Crippen LogP contribution in [0.2, 0.25) is 0 Å². The van der Waals surface area contributed by atoms with Crippen molar-refractivity contribution in [1.82, 2.24) is 15.2 Å². The van der Waals surface area contributed by atoms with Crippen LogP contribution in [0.4, 0.5) is 5.13 Å². The van der Waals surface area contributed by atoms with E-state index in [1.54, 1.807) is 6.20 Å². The Morgan fingerprint density at radius 2 is 2.45 bits per heavy atom. The Morgan fingerprint density at radius 3 is 3.05 bits per heavy atom. The first-order valence-electron chi connectivity index (χ1n) is 6.65. The predicted octanol–water partition coefficient (Wildman–Crippen LogP) is 2.22. The highest BCUT2D eigenvalue weighted by Crippen LogP contribution is 2.22. The van der Waals surface area contributed by atoms with E-state index >= 15 is 0 Å². The lowest BCUT2D eigenvalue weighted by Gasteiger charge is -2.44. The van der Waals surface area contributed by atoms with Gasteiger partial charge in [0.2, 0.25) is 5.91 Å². The van der Waals surface area contributed by atoms with E-state index in [1.807, 2.05) is 5.38 Å². The molecule has 1 aliphatic heterocycles. The summed E-state index contributed by atoms with van der Waals surface area (Å²) in [4.78, 5) is 18.0. The Kier molecular flexibility index (Phi) is 4.59. The van der Waals surface area contributed by atoms with E-state index < -0.39 is 0 Å². The van der Waals surface area contributed by atoms with Crippen LogP contribution in [0.5, 0.6) is 0 Å². The third kappa shape index (κ3) is 3.89. The van der Waals surface area contributed by atoms with Gasteiger partial charge in [0, 0.05) is 36.1 Å². The summed E-state index contributed by atoms with van der Waals surface area (Å²) in [5.74, 6) is -0.0280. The second-order valence-corrected chi connectivity index (χ2v) is 6.98. The minimum absolute atomic E-state index is 0.0240. The molecular formula is C13H20N4OS2. The minimum atomic E-state index is -0.0280.